The van der Waals surface area contributed by atoms with Gasteiger partial charge in [0, 0.05) is 6.42 Å². The van der Waals surface area contributed by atoms with Gasteiger partial charge in [-0.1, -0.05) is 72.9 Å². The molecule has 0 bridgehead atoms. The summed E-state index contributed by atoms with van der Waals surface area (Å²) in [5, 5.41) is 0. The molecule has 0 aliphatic heterocycles. The maximum atomic E-state index is 2.12. The fourth-order valence-electron chi connectivity index (χ4n) is 0.970. The maximum Gasteiger partial charge on any atom is 0.00506 e. The van der Waals surface area contributed by atoms with Gasteiger partial charge in [-0.05, 0) is 6.42 Å². The van der Waals surface area contributed by atoms with E-state index in [1.54, 1.807) is 0 Å². The lowest BCUT2D eigenvalue weighted by Gasteiger charge is -1.82. The van der Waals surface area contributed by atoms with Gasteiger partial charge < -0.3 is 0 Å². The molecule has 0 N–H and O–H groups in total. The van der Waals surface area contributed by atoms with E-state index >= 15 is 0 Å². The molecule has 0 aromatic heterocycles. The molecule has 0 spiro atoms. The summed E-state index contributed by atoms with van der Waals surface area (Å²) >= 11 is 0. The van der Waals surface area contributed by atoms with Gasteiger partial charge >= 0.3 is 0 Å². The van der Waals surface area contributed by atoms with Crippen LogP contribution in [0.4, 0.5) is 0 Å². The lowest BCUT2D eigenvalue weighted by molar-refractivity contribution is 1.39. The average molecular weight is 183 g/mol. The van der Waals surface area contributed by atoms with E-state index in [-0.39, 0.29) is 0 Å². The van der Waals surface area contributed by atoms with Crippen molar-refractivity contribution in [3.8, 4) is 0 Å². The third kappa shape index (κ3) is 6.01. The number of allylic oxidation sites excluding steroid dienone is 12. The van der Waals surface area contributed by atoms with Gasteiger partial charge in [0.25, 0.3) is 0 Å². The van der Waals surface area contributed by atoms with Gasteiger partial charge in [-0.3, -0.25) is 0 Å². The Balaban J connectivity index is 2.55. The Morgan fingerprint density at radius 3 is 1.50 bits per heavy atom. The standard InChI is InChI=1S/C14H15/c1-2-4-6-8-10-12-14-13-11-9-7-5-3-1/h1-13H,14H2/b2-1+,5-3+,8-6-,9-7-,12-10+,13-11+. The van der Waals surface area contributed by atoms with Crippen molar-refractivity contribution < 1.29 is 0 Å². The highest BCUT2D eigenvalue weighted by Gasteiger charge is 1.71. The van der Waals surface area contributed by atoms with Crippen LogP contribution in [0.1, 0.15) is 6.42 Å². The fraction of sp³-hybridized carbons (Fsp3) is 0.0714. The predicted molar refractivity (Wildman–Crippen MR) is 63.8 cm³/mol. The molecule has 0 atom stereocenters. The van der Waals surface area contributed by atoms with Crippen molar-refractivity contribution >= 4 is 0 Å². The second kappa shape index (κ2) is 8.06. The molecule has 0 saturated heterocycles. The summed E-state index contributed by atoms with van der Waals surface area (Å²) in [5.41, 5.74) is 0. The zero-order valence-electron chi connectivity index (χ0n) is 8.21. The highest BCUT2D eigenvalue weighted by molar-refractivity contribution is 5.21. The van der Waals surface area contributed by atoms with Gasteiger partial charge in [-0.2, -0.15) is 0 Å². The highest BCUT2D eigenvalue weighted by atomic mass is 13.8. The van der Waals surface area contributed by atoms with Gasteiger partial charge in [0.15, 0.2) is 0 Å². The molecule has 0 fully saturated rings. The Morgan fingerprint density at radius 2 is 0.857 bits per heavy atom. The first-order chi connectivity index (χ1) is 7.00. The summed E-state index contributed by atoms with van der Waals surface area (Å²) in [5.74, 6) is 0. The summed E-state index contributed by atoms with van der Waals surface area (Å²) < 4.78 is 0. The quantitative estimate of drug-likeness (QED) is 0.533. The van der Waals surface area contributed by atoms with E-state index in [1.807, 2.05) is 55.0 Å². The molecular formula is C14H15. The van der Waals surface area contributed by atoms with Crippen LogP contribution in [0.2, 0.25) is 0 Å². The lowest BCUT2D eigenvalue weighted by atomic mass is 10.3. The third-order valence-corrected chi connectivity index (χ3v) is 1.66. The third-order valence-electron chi connectivity index (χ3n) is 1.66. The van der Waals surface area contributed by atoms with Crippen molar-refractivity contribution in [2.45, 2.75) is 6.42 Å². The first kappa shape index (κ1) is 10.5. The van der Waals surface area contributed by atoms with Crippen molar-refractivity contribution in [2.75, 3.05) is 0 Å². The van der Waals surface area contributed by atoms with Crippen molar-refractivity contribution in [3.05, 3.63) is 79.3 Å². The van der Waals surface area contributed by atoms with Gasteiger partial charge in [0.2, 0.25) is 0 Å². The molecule has 0 nitrogen and oxygen atoms in total. The van der Waals surface area contributed by atoms with E-state index in [1.165, 1.54) is 0 Å². The molecule has 14 heavy (non-hydrogen) atoms. The van der Waals surface area contributed by atoms with Crippen LogP contribution in [-0.2, 0) is 0 Å². The van der Waals surface area contributed by atoms with Crippen LogP contribution in [0.5, 0.6) is 0 Å². The summed E-state index contributed by atoms with van der Waals surface area (Å²) in [4.78, 5) is 0. The van der Waals surface area contributed by atoms with Gasteiger partial charge in [-0.25, -0.2) is 0 Å². The van der Waals surface area contributed by atoms with Gasteiger partial charge in [0.1, 0.15) is 0 Å². The Hall–Kier alpha value is -1.56. The van der Waals surface area contributed by atoms with Crippen LogP contribution >= 0.6 is 0 Å². The maximum absolute atomic E-state index is 2.12. The summed E-state index contributed by atoms with van der Waals surface area (Å²) in [7, 11) is 0. The van der Waals surface area contributed by atoms with Gasteiger partial charge in [-0.15, -0.1) is 0 Å². The van der Waals surface area contributed by atoms with Crippen molar-refractivity contribution in [2.24, 2.45) is 0 Å². The SMILES string of the molecule is [CH]1/C=C\C=C\C/C=C/C=C\C=C\C=C\1. The minimum Gasteiger partial charge on any atom is -0.0808 e. The molecule has 0 aromatic carbocycles. The summed E-state index contributed by atoms with van der Waals surface area (Å²) in [6.45, 7) is 0. The first-order valence-electron chi connectivity index (χ1n) is 4.82. The van der Waals surface area contributed by atoms with Crippen LogP contribution in [0.25, 0.3) is 0 Å². The molecule has 0 saturated carbocycles. The van der Waals surface area contributed by atoms with E-state index in [4.69, 9.17) is 0 Å². The number of rotatable bonds is 0. The van der Waals surface area contributed by atoms with E-state index in [2.05, 4.69) is 24.3 Å². The number of hydrogen-bond donors (Lipinski definition) is 0. The molecule has 1 radical (unpaired) electrons. The van der Waals surface area contributed by atoms with Crippen LogP contribution in [-0.4, -0.2) is 0 Å². The van der Waals surface area contributed by atoms with Crippen LogP contribution < -0.4 is 0 Å². The zero-order valence-corrected chi connectivity index (χ0v) is 8.21. The smallest absolute Gasteiger partial charge is 0.00506 e. The molecule has 0 aromatic rings. The van der Waals surface area contributed by atoms with Crippen molar-refractivity contribution in [3.63, 3.8) is 0 Å². The van der Waals surface area contributed by atoms with Crippen LogP contribution in [0.3, 0.4) is 0 Å². The zero-order chi connectivity index (χ0) is 9.90. The Labute approximate surface area is 86.3 Å². The first-order valence-corrected chi connectivity index (χ1v) is 4.82. The van der Waals surface area contributed by atoms with Crippen LogP contribution in [0.15, 0.2) is 72.9 Å². The molecule has 71 valence electrons. The Morgan fingerprint density at radius 1 is 0.429 bits per heavy atom. The average Bonchev–Trinajstić information content (AvgIpc) is 2.22. The monoisotopic (exact) mass is 183 g/mol. The molecule has 0 unspecified atom stereocenters. The van der Waals surface area contributed by atoms with E-state index in [0.29, 0.717) is 0 Å². The molecule has 1 aliphatic carbocycles. The Bertz CT molecular complexity index is 264. The van der Waals surface area contributed by atoms with Crippen molar-refractivity contribution in [1.29, 1.82) is 0 Å². The van der Waals surface area contributed by atoms with E-state index in [9.17, 15) is 0 Å². The largest absolute Gasteiger partial charge is 0.0808 e. The summed E-state index contributed by atoms with van der Waals surface area (Å²) in [6.07, 6.45) is 27.5. The lowest BCUT2D eigenvalue weighted by Crippen LogP contribution is -1.61. The minimum atomic E-state index is 0.980. The highest BCUT2D eigenvalue weighted by Crippen LogP contribution is 1.92. The molecular weight excluding hydrogens is 168 g/mol. The minimum absolute atomic E-state index is 0.980. The van der Waals surface area contributed by atoms with Crippen molar-refractivity contribution in [1.82, 2.24) is 0 Å². The molecule has 1 aliphatic rings. The van der Waals surface area contributed by atoms with Gasteiger partial charge in [0.05, 0.1) is 0 Å². The van der Waals surface area contributed by atoms with Crippen LogP contribution in [0, 0.1) is 6.42 Å². The second-order valence-electron chi connectivity index (χ2n) is 2.82. The molecule has 0 heterocycles. The normalized spacial score (nSPS) is 30.9. The molecule has 0 amide bonds. The second-order valence-corrected chi connectivity index (χ2v) is 2.82. The van der Waals surface area contributed by atoms with E-state index < -0.39 is 0 Å². The fourth-order valence-corrected chi connectivity index (χ4v) is 0.970. The summed E-state index contributed by atoms with van der Waals surface area (Å²) in [6, 6.07) is 0. The number of hydrogen-bond acceptors (Lipinski definition) is 0. The molecule has 1 rings (SSSR count). The predicted octanol–water partition coefficient (Wildman–Crippen LogP) is 3.93. The molecule has 0 heteroatoms. The Kier molecular flexibility index (Phi) is 6.05. The topological polar surface area (TPSA) is 0 Å². The van der Waals surface area contributed by atoms with E-state index in [0.717, 1.165) is 6.42 Å².